The van der Waals surface area contributed by atoms with E-state index in [1.165, 1.54) is 11.6 Å². The number of rotatable bonds is 4. The number of hydrogen-bond donors (Lipinski definition) is 0. The van der Waals surface area contributed by atoms with E-state index in [0.29, 0.717) is 11.4 Å². The van der Waals surface area contributed by atoms with Crippen LogP contribution in [0.1, 0.15) is 16.8 Å². The van der Waals surface area contributed by atoms with Gasteiger partial charge in [0.2, 0.25) is 11.2 Å². The van der Waals surface area contributed by atoms with Crippen molar-refractivity contribution < 1.29 is 17.9 Å². The molecule has 0 radical (unpaired) electrons. The molecule has 0 aliphatic heterocycles. The summed E-state index contributed by atoms with van der Waals surface area (Å²) in [6.07, 6.45) is -1.94. The molecule has 3 aromatic rings. The summed E-state index contributed by atoms with van der Waals surface area (Å²) in [7, 11) is 1.52. The summed E-state index contributed by atoms with van der Waals surface area (Å²) >= 11 is 5.74. The number of benzene rings is 1. The standard InChI is InChI=1S/C17H14ClF3N4O/c1-10-7-22-16(18)24-15(10)26-9-11-3-5-12(6-4-11)14-23-13(8-25(14)2)17(19,20)21/h3-8H,9H2,1-2H3. The van der Waals surface area contributed by atoms with Crippen LogP contribution in [0.25, 0.3) is 11.4 Å². The second kappa shape index (κ2) is 6.95. The minimum Gasteiger partial charge on any atom is -0.472 e. The maximum Gasteiger partial charge on any atom is 0.434 e. The number of halogens is 4. The fourth-order valence-electron chi connectivity index (χ4n) is 2.33. The molecule has 0 amide bonds. The first-order chi connectivity index (χ1) is 12.2. The summed E-state index contributed by atoms with van der Waals surface area (Å²) in [5.74, 6) is 0.621. The van der Waals surface area contributed by atoms with Gasteiger partial charge in [0, 0.05) is 30.6 Å². The van der Waals surface area contributed by atoms with Gasteiger partial charge in [-0.25, -0.2) is 9.97 Å². The Morgan fingerprint density at radius 2 is 1.85 bits per heavy atom. The Balaban J connectivity index is 1.75. The smallest absolute Gasteiger partial charge is 0.434 e. The maximum absolute atomic E-state index is 12.8. The van der Waals surface area contributed by atoms with Crippen LogP contribution in [0.3, 0.4) is 0 Å². The lowest BCUT2D eigenvalue weighted by atomic mass is 10.1. The van der Waals surface area contributed by atoms with Gasteiger partial charge in [0.1, 0.15) is 12.4 Å². The molecule has 0 bridgehead atoms. The van der Waals surface area contributed by atoms with Gasteiger partial charge in [-0.05, 0) is 24.1 Å². The fourth-order valence-corrected chi connectivity index (χ4v) is 2.45. The topological polar surface area (TPSA) is 52.8 Å². The van der Waals surface area contributed by atoms with E-state index in [9.17, 15) is 13.2 Å². The average Bonchev–Trinajstić information content (AvgIpc) is 2.98. The van der Waals surface area contributed by atoms with Gasteiger partial charge in [-0.3, -0.25) is 0 Å². The van der Waals surface area contributed by atoms with Crippen LogP contribution in [0.15, 0.2) is 36.7 Å². The van der Waals surface area contributed by atoms with Crippen molar-refractivity contribution in [1.29, 1.82) is 0 Å². The Morgan fingerprint density at radius 1 is 1.15 bits per heavy atom. The van der Waals surface area contributed by atoms with E-state index >= 15 is 0 Å². The lowest BCUT2D eigenvalue weighted by Crippen LogP contribution is -2.04. The molecule has 0 atom stereocenters. The van der Waals surface area contributed by atoms with Crippen molar-refractivity contribution in [3.63, 3.8) is 0 Å². The second-order valence-corrected chi connectivity index (χ2v) is 6.01. The molecule has 0 spiro atoms. The highest BCUT2D eigenvalue weighted by Crippen LogP contribution is 2.30. The number of aromatic nitrogens is 4. The molecule has 0 aliphatic carbocycles. The van der Waals surface area contributed by atoms with Crippen LogP contribution in [-0.4, -0.2) is 19.5 Å². The normalized spacial score (nSPS) is 11.6. The Labute approximate surface area is 152 Å². The first-order valence-electron chi connectivity index (χ1n) is 7.56. The summed E-state index contributed by atoms with van der Waals surface area (Å²) in [5.41, 5.74) is 1.23. The highest BCUT2D eigenvalue weighted by Gasteiger charge is 2.34. The minimum absolute atomic E-state index is 0.0937. The Bertz CT molecular complexity index is 923. The van der Waals surface area contributed by atoms with E-state index in [2.05, 4.69) is 15.0 Å². The van der Waals surface area contributed by atoms with Gasteiger partial charge >= 0.3 is 6.18 Å². The number of nitrogens with zero attached hydrogens (tertiary/aromatic N) is 4. The monoisotopic (exact) mass is 382 g/mol. The van der Waals surface area contributed by atoms with E-state index in [0.717, 1.165) is 17.3 Å². The summed E-state index contributed by atoms with van der Waals surface area (Å²) in [6, 6.07) is 6.91. The van der Waals surface area contributed by atoms with Crippen LogP contribution in [0.2, 0.25) is 5.28 Å². The molecule has 26 heavy (non-hydrogen) atoms. The molecule has 0 N–H and O–H groups in total. The fraction of sp³-hybridized carbons (Fsp3) is 0.235. The van der Waals surface area contributed by atoms with E-state index in [4.69, 9.17) is 16.3 Å². The molecule has 0 unspecified atom stereocenters. The van der Waals surface area contributed by atoms with E-state index < -0.39 is 11.9 Å². The van der Waals surface area contributed by atoms with Crippen molar-refractivity contribution in [1.82, 2.24) is 19.5 Å². The third kappa shape index (κ3) is 3.96. The van der Waals surface area contributed by atoms with Crippen molar-refractivity contribution in [2.75, 3.05) is 0 Å². The van der Waals surface area contributed by atoms with Gasteiger partial charge in [0.15, 0.2) is 5.69 Å². The van der Waals surface area contributed by atoms with Gasteiger partial charge in [0.25, 0.3) is 0 Å². The highest BCUT2D eigenvalue weighted by atomic mass is 35.5. The molecule has 9 heteroatoms. The molecular weight excluding hydrogens is 369 g/mol. The zero-order valence-electron chi connectivity index (χ0n) is 13.9. The van der Waals surface area contributed by atoms with Gasteiger partial charge in [-0.1, -0.05) is 24.3 Å². The van der Waals surface area contributed by atoms with Gasteiger partial charge in [-0.15, -0.1) is 0 Å². The molecule has 1 aromatic carbocycles. The third-order valence-electron chi connectivity index (χ3n) is 3.65. The van der Waals surface area contributed by atoms with Crippen LogP contribution in [0, 0.1) is 6.92 Å². The largest absolute Gasteiger partial charge is 0.472 e. The lowest BCUT2D eigenvalue weighted by molar-refractivity contribution is -0.140. The van der Waals surface area contributed by atoms with Gasteiger partial charge in [-0.2, -0.15) is 18.2 Å². The van der Waals surface area contributed by atoms with E-state index in [1.807, 2.05) is 0 Å². The van der Waals surface area contributed by atoms with Crippen LogP contribution in [0.4, 0.5) is 13.2 Å². The highest BCUT2D eigenvalue weighted by molar-refractivity contribution is 6.28. The molecule has 2 aromatic heterocycles. The molecule has 136 valence electrons. The predicted octanol–water partition coefficient (Wildman–Crippen LogP) is 4.44. The number of alkyl halides is 3. The summed E-state index contributed by atoms with van der Waals surface area (Å²) < 4.78 is 45.3. The zero-order chi connectivity index (χ0) is 18.9. The van der Waals surface area contributed by atoms with Crippen LogP contribution in [-0.2, 0) is 19.8 Å². The van der Waals surface area contributed by atoms with E-state index in [-0.39, 0.29) is 17.7 Å². The molecule has 0 aliphatic rings. The number of hydrogen-bond acceptors (Lipinski definition) is 4. The minimum atomic E-state index is -4.47. The summed E-state index contributed by atoms with van der Waals surface area (Å²) in [6.45, 7) is 2.04. The van der Waals surface area contributed by atoms with Gasteiger partial charge in [0.05, 0.1) is 0 Å². The first-order valence-corrected chi connectivity index (χ1v) is 7.93. The Kier molecular flexibility index (Phi) is 4.86. The van der Waals surface area contributed by atoms with Crippen molar-refractivity contribution in [2.45, 2.75) is 19.7 Å². The van der Waals surface area contributed by atoms with Crippen molar-refractivity contribution in [2.24, 2.45) is 7.05 Å². The van der Waals surface area contributed by atoms with Crippen molar-refractivity contribution >= 4 is 11.6 Å². The number of aryl methyl sites for hydroxylation is 2. The van der Waals surface area contributed by atoms with Crippen molar-refractivity contribution in [3.8, 4) is 17.3 Å². The molecule has 0 saturated heterocycles. The lowest BCUT2D eigenvalue weighted by Gasteiger charge is -2.08. The zero-order valence-corrected chi connectivity index (χ0v) is 14.6. The molecule has 3 rings (SSSR count). The average molecular weight is 383 g/mol. The van der Waals surface area contributed by atoms with Crippen LogP contribution < -0.4 is 4.74 Å². The predicted molar refractivity (Wildman–Crippen MR) is 89.8 cm³/mol. The molecular formula is C17H14ClF3N4O. The summed E-state index contributed by atoms with van der Waals surface area (Å²) in [4.78, 5) is 11.5. The molecule has 2 heterocycles. The molecule has 0 saturated carbocycles. The first kappa shape index (κ1) is 18.2. The maximum atomic E-state index is 12.8. The second-order valence-electron chi connectivity index (χ2n) is 5.67. The number of imidazole rings is 1. The van der Waals surface area contributed by atoms with Crippen LogP contribution >= 0.6 is 11.6 Å². The Morgan fingerprint density at radius 3 is 2.46 bits per heavy atom. The SMILES string of the molecule is Cc1cnc(Cl)nc1OCc1ccc(-c2nc(C(F)(F)F)cn2C)cc1. The van der Waals surface area contributed by atoms with Gasteiger partial charge < -0.3 is 9.30 Å². The Hall–Kier alpha value is -2.61. The van der Waals surface area contributed by atoms with Crippen LogP contribution in [0.5, 0.6) is 5.88 Å². The summed E-state index contributed by atoms with van der Waals surface area (Å²) in [5, 5.41) is 0.0937. The molecule has 0 fully saturated rings. The molecule has 5 nitrogen and oxygen atoms in total. The van der Waals surface area contributed by atoms with Crippen molar-refractivity contribution in [3.05, 3.63) is 58.8 Å². The quantitative estimate of drug-likeness (QED) is 0.626. The number of ether oxygens (including phenoxy) is 1. The van der Waals surface area contributed by atoms with E-state index in [1.54, 1.807) is 37.4 Å². The third-order valence-corrected chi connectivity index (χ3v) is 3.83.